The molecule has 9 heteroatoms. The highest BCUT2D eigenvalue weighted by Gasteiger charge is 2.21. The van der Waals surface area contributed by atoms with E-state index in [4.69, 9.17) is 5.73 Å². The van der Waals surface area contributed by atoms with Gasteiger partial charge in [0.1, 0.15) is 10.7 Å². The van der Waals surface area contributed by atoms with E-state index in [0.717, 1.165) is 6.07 Å². The number of anilines is 2. The number of sulfonamides is 1. The molecule has 0 unspecified atom stereocenters. The predicted molar refractivity (Wildman–Crippen MR) is 83.4 cm³/mol. The molecule has 0 amide bonds. The van der Waals surface area contributed by atoms with E-state index in [-0.39, 0.29) is 19.5 Å². The molecule has 112 valence electrons. The standard InChI is InChI=1S/C12H8Br2F2N2O2S/c13-8-5-7(17)1-2-11(8)21(19,20)18-12-9(14)3-6(15)4-10(12)16/h1-5,18H,17H2. The minimum absolute atomic E-state index is 0.0462. The fourth-order valence-corrected chi connectivity index (χ4v) is 4.39. The summed E-state index contributed by atoms with van der Waals surface area (Å²) < 4.78 is 53.5. The van der Waals surface area contributed by atoms with Gasteiger partial charge in [0.2, 0.25) is 0 Å². The molecule has 0 aliphatic carbocycles. The van der Waals surface area contributed by atoms with Gasteiger partial charge < -0.3 is 5.73 Å². The van der Waals surface area contributed by atoms with Crippen LogP contribution < -0.4 is 10.5 Å². The predicted octanol–water partition coefficient (Wildman–Crippen LogP) is 3.87. The van der Waals surface area contributed by atoms with Gasteiger partial charge in [-0.25, -0.2) is 17.2 Å². The molecule has 0 heterocycles. The summed E-state index contributed by atoms with van der Waals surface area (Å²) in [5.41, 5.74) is 5.53. The van der Waals surface area contributed by atoms with Gasteiger partial charge in [-0.3, -0.25) is 4.72 Å². The van der Waals surface area contributed by atoms with Gasteiger partial charge in [-0.05, 0) is 56.1 Å². The third-order valence-electron chi connectivity index (χ3n) is 2.49. The van der Waals surface area contributed by atoms with Crippen molar-refractivity contribution in [2.75, 3.05) is 10.5 Å². The molecule has 4 nitrogen and oxygen atoms in total. The zero-order chi connectivity index (χ0) is 15.8. The minimum Gasteiger partial charge on any atom is -0.399 e. The molecular formula is C12H8Br2F2N2O2S. The molecule has 0 aliphatic heterocycles. The Morgan fingerprint density at radius 2 is 1.71 bits per heavy atom. The van der Waals surface area contributed by atoms with Crippen LogP contribution >= 0.6 is 31.9 Å². The quantitative estimate of drug-likeness (QED) is 0.710. The number of rotatable bonds is 3. The summed E-state index contributed by atoms with van der Waals surface area (Å²) in [5.74, 6) is -1.85. The van der Waals surface area contributed by atoms with Crippen molar-refractivity contribution in [3.05, 3.63) is 50.9 Å². The molecular weight excluding hydrogens is 434 g/mol. The average Bonchev–Trinajstić information content (AvgIpc) is 2.33. The van der Waals surface area contributed by atoms with Crippen LogP contribution in [0.2, 0.25) is 0 Å². The maximum absolute atomic E-state index is 13.7. The Balaban J connectivity index is 2.47. The lowest BCUT2D eigenvalue weighted by molar-refractivity contribution is 0.581. The van der Waals surface area contributed by atoms with E-state index in [2.05, 4.69) is 36.6 Å². The van der Waals surface area contributed by atoms with Crippen molar-refractivity contribution in [3.63, 3.8) is 0 Å². The molecule has 0 aromatic heterocycles. The van der Waals surface area contributed by atoms with E-state index in [1.54, 1.807) is 0 Å². The number of nitrogens with one attached hydrogen (secondary N) is 1. The normalized spacial score (nSPS) is 11.4. The van der Waals surface area contributed by atoms with Crippen LogP contribution in [0.3, 0.4) is 0 Å². The Morgan fingerprint density at radius 3 is 2.29 bits per heavy atom. The van der Waals surface area contributed by atoms with E-state index >= 15 is 0 Å². The zero-order valence-corrected chi connectivity index (χ0v) is 14.2. The molecule has 0 fully saturated rings. The van der Waals surface area contributed by atoms with Crippen LogP contribution in [0.5, 0.6) is 0 Å². The van der Waals surface area contributed by atoms with Gasteiger partial charge in [0.15, 0.2) is 5.82 Å². The first kappa shape index (κ1) is 16.2. The summed E-state index contributed by atoms with van der Waals surface area (Å²) in [4.78, 5) is -0.118. The number of halogens is 4. The number of benzene rings is 2. The van der Waals surface area contributed by atoms with Gasteiger partial charge in [-0.15, -0.1) is 0 Å². The monoisotopic (exact) mass is 440 g/mol. The Labute approximate surface area is 136 Å². The second kappa shape index (κ2) is 5.90. The van der Waals surface area contributed by atoms with Gasteiger partial charge in [0.25, 0.3) is 10.0 Å². The first-order valence-electron chi connectivity index (χ1n) is 5.43. The van der Waals surface area contributed by atoms with Crippen LogP contribution in [0.1, 0.15) is 0 Å². The second-order valence-electron chi connectivity index (χ2n) is 4.04. The van der Waals surface area contributed by atoms with E-state index < -0.39 is 21.7 Å². The lowest BCUT2D eigenvalue weighted by Crippen LogP contribution is -2.15. The van der Waals surface area contributed by atoms with Crippen molar-refractivity contribution in [3.8, 4) is 0 Å². The largest absolute Gasteiger partial charge is 0.399 e. The fourth-order valence-electron chi connectivity index (χ4n) is 1.56. The summed E-state index contributed by atoms with van der Waals surface area (Å²) in [6.07, 6.45) is 0. The molecule has 2 rings (SSSR count). The molecule has 0 bridgehead atoms. The summed E-state index contributed by atoms with van der Waals surface area (Å²) in [6, 6.07) is 5.62. The number of nitrogens with two attached hydrogens (primary N) is 1. The third kappa shape index (κ3) is 3.53. The number of hydrogen-bond donors (Lipinski definition) is 2. The summed E-state index contributed by atoms with van der Waals surface area (Å²) in [7, 11) is -4.06. The Hall–Kier alpha value is -1.19. The molecule has 0 atom stereocenters. The first-order chi connectivity index (χ1) is 9.70. The Morgan fingerprint density at radius 1 is 1.05 bits per heavy atom. The van der Waals surface area contributed by atoms with Crippen molar-refractivity contribution in [1.29, 1.82) is 0 Å². The maximum Gasteiger partial charge on any atom is 0.263 e. The fraction of sp³-hybridized carbons (Fsp3) is 0. The molecule has 3 N–H and O–H groups in total. The Kier molecular flexibility index (Phi) is 4.54. The van der Waals surface area contributed by atoms with Crippen LogP contribution in [0.15, 0.2) is 44.2 Å². The lowest BCUT2D eigenvalue weighted by Gasteiger charge is -2.12. The maximum atomic E-state index is 13.7. The lowest BCUT2D eigenvalue weighted by atomic mass is 10.3. The molecule has 0 radical (unpaired) electrons. The van der Waals surface area contributed by atoms with Crippen LogP contribution in [-0.4, -0.2) is 8.42 Å². The minimum atomic E-state index is -4.06. The smallest absolute Gasteiger partial charge is 0.263 e. The van der Waals surface area contributed by atoms with E-state index in [1.807, 2.05) is 0 Å². The summed E-state index contributed by atoms with van der Waals surface area (Å²) >= 11 is 5.99. The van der Waals surface area contributed by atoms with Gasteiger partial charge in [0.05, 0.1) is 5.69 Å². The highest BCUT2D eigenvalue weighted by molar-refractivity contribution is 9.11. The molecule has 0 aliphatic rings. The Bertz CT molecular complexity index is 790. The molecule has 2 aromatic rings. The number of hydrogen-bond acceptors (Lipinski definition) is 3. The van der Waals surface area contributed by atoms with E-state index in [0.29, 0.717) is 11.8 Å². The van der Waals surface area contributed by atoms with Crippen molar-refractivity contribution < 1.29 is 17.2 Å². The highest BCUT2D eigenvalue weighted by Crippen LogP contribution is 2.31. The van der Waals surface area contributed by atoms with Crippen LogP contribution in [0, 0.1) is 11.6 Å². The first-order valence-corrected chi connectivity index (χ1v) is 8.50. The van der Waals surface area contributed by atoms with Gasteiger partial charge >= 0.3 is 0 Å². The van der Waals surface area contributed by atoms with Crippen molar-refractivity contribution in [1.82, 2.24) is 0 Å². The number of nitrogen functional groups attached to an aromatic ring is 1. The highest BCUT2D eigenvalue weighted by atomic mass is 79.9. The molecule has 21 heavy (non-hydrogen) atoms. The molecule has 0 saturated carbocycles. The van der Waals surface area contributed by atoms with Gasteiger partial charge in [-0.2, -0.15) is 0 Å². The van der Waals surface area contributed by atoms with Crippen LogP contribution in [0.25, 0.3) is 0 Å². The van der Waals surface area contributed by atoms with Gasteiger partial charge in [-0.1, -0.05) is 0 Å². The topological polar surface area (TPSA) is 72.2 Å². The summed E-state index contributed by atoms with van der Waals surface area (Å²) in [5, 5.41) is 0. The van der Waals surface area contributed by atoms with Gasteiger partial charge in [0, 0.05) is 20.7 Å². The average molecular weight is 442 g/mol. The van der Waals surface area contributed by atoms with Crippen LogP contribution in [0.4, 0.5) is 20.2 Å². The van der Waals surface area contributed by atoms with Crippen molar-refractivity contribution >= 4 is 53.3 Å². The third-order valence-corrected chi connectivity index (χ3v) is 5.44. The summed E-state index contributed by atoms with van der Waals surface area (Å²) in [6.45, 7) is 0. The van der Waals surface area contributed by atoms with Crippen LogP contribution in [-0.2, 0) is 10.0 Å². The van der Waals surface area contributed by atoms with E-state index in [9.17, 15) is 17.2 Å². The van der Waals surface area contributed by atoms with E-state index in [1.165, 1.54) is 18.2 Å². The zero-order valence-electron chi connectivity index (χ0n) is 10.2. The molecule has 0 saturated heterocycles. The second-order valence-corrected chi connectivity index (χ2v) is 7.40. The molecule has 2 aromatic carbocycles. The molecule has 0 spiro atoms. The van der Waals surface area contributed by atoms with Crippen molar-refractivity contribution in [2.45, 2.75) is 4.90 Å². The van der Waals surface area contributed by atoms with Crippen molar-refractivity contribution in [2.24, 2.45) is 0 Å². The SMILES string of the molecule is Nc1ccc(S(=O)(=O)Nc2c(F)cc(F)cc2Br)c(Br)c1.